The van der Waals surface area contributed by atoms with Crippen LogP contribution in [0.2, 0.25) is 0 Å². The van der Waals surface area contributed by atoms with Gasteiger partial charge in [-0.3, -0.25) is 4.79 Å². The largest absolute Gasteiger partial charge is 0.481 e. The Balaban J connectivity index is 1.97. The van der Waals surface area contributed by atoms with Gasteiger partial charge in [0.1, 0.15) is 0 Å². The topological polar surface area (TPSA) is 37.3 Å². The first-order valence-electron chi connectivity index (χ1n) is 5.78. The van der Waals surface area contributed by atoms with Crippen LogP contribution in [0.5, 0.6) is 0 Å². The fourth-order valence-electron chi connectivity index (χ4n) is 1.60. The first-order chi connectivity index (χ1) is 8.74. The number of aliphatic carboxylic acids is 1. The number of rotatable bonds is 5. The maximum absolute atomic E-state index is 10.5. The van der Waals surface area contributed by atoms with E-state index in [2.05, 4.69) is 12.1 Å². The number of carboxylic acid groups (broad SMARTS) is 1. The van der Waals surface area contributed by atoms with Crippen LogP contribution >= 0.6 is 11.8 Å². The van der Waals surface area contributed by atoms with Gasteiger partial charge in [-0.25, -0.2) is 0 Å². The van der Waals surface area contributed by atoms with E-state index in [0.717, 1.165) is 5.56 Å². The lowest BCUT2D eigenvalue weighted by Gasteiger charge is -2.03. The third-order valence-corrected chi connectivity index (χ3v) is 3.55. The van der Waals surface area contributed by atoms with Crippen molar-refractivity contribution >= 4 is 17.7 Å². The Labute approximate surface area is 111 Å². The molecule has 0 atom stereocenters. The van der Waals surface area contributed by atoms with Crippen molar-refractivity contribution in [3.05, 3.63) is 60.2 Å². The number of hydrogen-bond acceptors (Lipinski definition) is 2. The molecule has 0 aliphatic carbocycles. The third kappa shape index (κ3) is 3.93. The molecule has 0 aliphatic rings. The summed E-state index contributed by atoms with van der Waals surface area (Å²) < 4.78 is 0. The summed E-state index contributed by atoms with van der Waals surface area (Å²) in [5.74, 6) is -0.752. The van der Waals surface area contributed by atoms with Gasteiger partial charge in [0.25, 0.3) is 0 Å². The quantitative estimate of drug-likeness (QED) is 0.885. The average Bonchev–Trinajstić information content (AvgIpc) is 2.39. The van der Waals surface area contributed by atoms with Gasteiger partial charge in [-0.1, -0.05) is 42.1 Å². The van der Waals surface area contributed by atoms with Crippen LogP contribution in [0.1, 0.15) is 12.0 Å². The fourth-order valence-corrected chi connectivity index (χ4v) is 2.44. The van der Waals surface area contributed by atoms with E-state index < -0.39 is 5.97 Å². The smallest absolute Gasteiger partial charge is 0.303 e. The van der Waals surface area contributed by atoms with Crippen LogP contribution in [0.15, 0.2) is 64.4 Å². The first kappa shape index (κ1) is 12.7. The highest BCUT2D eigenvalue weighted by molar-refractivity contribution is 7.99. The summed E-state index contributed by atoms with van der Waals surface area (Å²) in [4.78, 5) is 12.8. The van der Waals surface area contributed by atoms with Crippen molar-refractivity contribution in [3.8, 4) is 0 Å². The van der Waals surface area contributed by atoms with E-state index in [-0.39, 0.29) is 6.42 Å². The lowest BCUT2D eigenvalue weighted by molar-refractivity contribution is -0.136. The summed E-state index contributed by atoms with van der Waals surface area (Å²) in [6.07, 6.45) is 0.775. The Morgan fingerprint density at radius 2 is 1.56 bits per heavy atom. The summed E-state index contributed by atoms with van der Waals surface area (Å²) in [5, 5.41) is 8.62. The molecular formula is C15H14O2S. The number of benzene rings is 2. The second-order valence-electron chi connectivity index (χ2n) is 3.95. The van der Waals surface area contributed by atoms with Gasteiger partial charge in [0, 0.05) is 16.2 Å². The molecule has 0 aliphatic heterocycles. The van der Waals surface area contributed by atoms with Crippen LogP contribution in [0.3, 0.4) is 0 Å². The van der Waals surface area contributed by atoms with Gasteiger partial charge < -0.3 is 5.11 Å². The molecule has 0 radical (unpaired) electrons. The predicted molar refractivity (Wildman–Crippen MR) is 73.0 cm³/mol. The molecular weight excluding hydrogens is 244 g/mol. The standard InChI is InChI=1S/C15H14O2S/c16-15(17)11-8-12-6-9-14(10-7-12)18-13-4-2-1-3-5-13/h1-7,9-10H,8,11H2,(H,16,17). The molecule has 0 fully saturated rings. The number of hydrogen-bond donors (Lipinski definition) is 1. The molecule has 0 aromatic heterocycles. The molecule has 0 unspecified atom stereocenters. The highest BCUT2D eigenvalue weighted by Gasteiger charge is 2.00. The molecule has 2 rings (SSSR count). The zero-order valence-electron chi connectivity index (χ0n) is 9.87. The van der Waals surface area contributed by atoms with Crippen LogP contribution in [0.4, 0.5) is 0 Å². The molecule has 18 heavy (non-hydrogen) atoms. The summed E-state index contributed by atoms with van der Waals surface area (Å²) in [5.41, 5.74) is 1.06. The van der Waals surface area contributed by atoms with Gasteiger partial charge in [-0.15, -0.1) is 0 Å². The molecule has 3 heteroatoms. The van der Waals surface area contributed by atoms with Crippen molar-refractivity contribution in [3.63, 3.8) is 0 Å². The van der Waals surface area contributed by atoms with Crippen molar-refractivity contribution in [1.29, 1.82) is 0 Å². The van der Waals surface area contributed by atoms with Crippen LogP contribution in [-0.2, 0) is 11.2 Å². The van der Waals surface area contributed by atoms with E-state index >= 15 is 0 Å². The summed E-state index contributed by atoms with van der Waals surface area (Å²) >= 11 is 1.70. The molecule has 0 bridgehead atoms. The summed E-state index contributed by atoms with van der Waals surface area (Å²) in [7, 11) is 0. The third-order valence-electron chi connectivity index (χ3n) is 2.53. The molecule has 2 aromatic carbocycles. The van der Waals surface area contributed by atoms with E-state index in [1.807, 2.05) is 42.5 Å². The lowest BCUT2D eigenvalue weighted by Crippen LogP contribution is -1.97. The van der Waals surface area contributed by atoms with E-state index in [1.165, 1.54) is 9.79 Å². The van der Waals surface area contributed by atoms with Crippen LogP contribution in [0.25, 0.3) is 0 Å². The average molecular weight is 258 g/mol. The minimum Gasteiger partial charge on any atom is -0.481 e. The molecule has 0 saturated carbocycles. The van der Waals surface area contributed by atoms with Crippen molar-refractivity contribution in [2.24, 2.45) is 0 Å². The van der Waals surface area contributed by atoms with Gasteiger partial charge in [0.15, 0.2) is 0 Å². The van der Waals surface area contributed by atoms with Crippen molar-refractivity contribution in [2.75, 3.05) is 0 Å². The summed E-state index contributed by atoms with van der Waals surface area (Å²) in [6.45, 7) is 0. The predicted octanol–water partition coefficient (Wildman–Crippen LogP) is 3.86. The highest BCUT2D eigenvalue weighted by atomic mass is 32.2. The van der Waals surface area contributed by atoms with Gasteiger partial charge in [0.05, 0.1) is 0 Å². The van der Waals surface area contributed by atoms with Crippen molar-refractivity contribution in [2.45, 2.75) is 22.6 Å². The second-order valence-corrected chi connectivity index (χ2v) is 5.10. The zero-order chi connectivity index (χ0) is 12.8. The maximum atomic E-state index is 10.5. The van der Waals surface area contributed by atoms with Crippen LogP contribution < -0.4 is 0 Å². The summed E-state index contributed by atoms with van der Waals surface area (Å²) in [6, 6.07) is 18.2. The van der Waals surface area contributed by atoms with E-state index in [0.29, 0.717) is 6.42 Å². The molecule has 1 N–H and O–H groups in total. The molecule has 0 heterocycles. The maximum Gasteiger partial charge on any atom is 0.303 e. The number of aryl methyl sites for hydroxylation is 1. The van der Waals surface area contributed by atoms with Gasteiger partial charge in [-0.05, 0) is 36.2 Å². The van der Waals surface area contributed by atoms with Crippen molar-refractivity contribution in [1.82, 2.24) is 0 Å². The molecule has 2 aromatic rings. The molecule has 2 nitrogen and oxygen atoms in total. The van der Waals surface area contributed by atoms with Gasteiger partial charge in [0.2, 0.25) is 0 Å². The van der Waals surface area contributed by atoms with Gasteiger partial charge in [-0.2, -0.15) is 0 Å². The molecule has 0 spiro atoms. The number of carboxylic acids is 1. The van der Waals surface area contributed by atoms with Crippen molar-refractivity contribution < 1.29 is 9.90 Å². The Morgan fingerprint density at radius 3 is 2.17 bits per heavy atom. The molecule has 92 valence electrons. The molecule has 0 saturated heterocycles. The Bertz CT molecular complexity index is 506. The Morgan fingerprint density at radius 1 is 0.944 bits per heavy atom. The Hall–Kier alpha value is -1.74. The Kier molecular flexibility index (Phi) is 4.42. The van der Waals surface area contributed by atoms with E-state index in [1.54, 1.807) is 11.8 Å². The first-order valence-corrected chi connectivity index (χ1v) is 6.59. The van der Waals surface area contributed by atoms with E-state index in [9.17, 15) is 4.79 Å². The molecule has 0 amide bonds. The minimum atomic E-state index is -0.752. The van der Waals surface area contributed by atoms with E-state index in [4.69, 9.17) is 5.11 Å². The normalized spacial score (nSPS) is 10.2. The van der Waals surface area contributed by atoms with Gasteiger partial charge >= 0.3 is 5.97 Å². The lowest BCUT2D eigenvalue weighted by atomic mass is 10.1. The second kappa shape index (κ2) is 6.26. The SMILES string of the molecule is O=C(O)CCc1ccc(Sc2ccccc2)cc1. The fraction of sp³-hybridized carbons (Fsp3) is 0.133. The highest BCUT2D eigenvalue weighted by Crippen LogP contribution is 2.27. The number of carbonyl (C=O) groups is 1. The van der Waals surface area contributed by atoms with Crippen LogP contribution in [-0.4, -0.2) is 11.1 Å². The minimum absolute atomic E-state index is 0.186. The zero-order valence-corrected chi connectivity index (χ0v) is 10.7. The monoisotopic (exact) mass is 258 g/mol. The van der Waals surface area contributed by atoms with Crippen LogP contribution in [0, 0.1) is 0 Å².